The van der Waals surface area contributed by atoms with E-state index < -0.39 is 0 Å². The highest BCUT2D eigenvalue weighted by molar-refractivity contribution is 6.03. The molecule has 0 saturated carbocycles. The highest BCUT2D eigenvalue weighted by atomic mass is 16.3. The first kappa shape index (κ1) is 18.3. The Hall–Kier alpha value is -3.09. The number of aryl methyl sites for hydroxylation is 1. The van der Waals surface area contributed by atoms with Gasteiger partial charge >= 0.3 is 0 Å². The molecule has 1 aromatic heterocycles. The molecule has 0 fully saturated rings. The lowest BCUT2D eigenvalue weighted by Crippen LogP contribution is -2.21. The molecule has 1 heterocycles. The number of amides is 2. The Morgan fingerprint density at radius 3 is 2.68 bits per heavy atom. The van der Waals surface area contributed by atoms with Crippen LogP contribution in [0.2, 0.25) is 0 Å². The third-order valence-corrected chi connectivity index (χ3v) is 3.65. The molecule has 0 spiro atoms. The van der Waals surface area contributed by atoms with Gasteiger partial charge in [-0.3, -0.25) is 9.59 Å². The predicted octanol–water partition coefficient (Wildman–Crippen LogP) is 2.62. The van der Waals surface area contributed by atoms with E-state index in [0.717, 1.165) is 6.42 Å². The maximum absolute atomic E-state index is 12.1. The number of anilines is 1. The highest BCUT2D eigenvalue weighted by Gasteiger charge is 2.11. The fraction of sp³-hybridized carbons (Fsp3) is 0.278. The molecule has 132 valence electrons. The normalized spacial score (nSPS) is 11.2. The quantitative estimate of drug-likeness (QED) is 0.428. The molecule has 2 aromatic rings. The Balaban J connectivity index is 2.14. The van der Waals surface area contributed by atoms with Crippen LogP contribution in [-0.4, -0.2) is 27.2 Å². The molecule has 0 saturated heterocycles. The molecular formula is C18H22N4O3. The summed E-state index contributed by atoms with van der Waals surface area (Å²) >= 11 is 0. The van der Waals surface area contributed by atoms with Crippen molar-refractivity contribution in [1.82, 2.24) is 9.99 Å². The number of rotatable bonds is 6. The summed E-state index contributed by atoms with van der Waals surface area (Å²) in [5.41, 5.74) is 4.35. The molecule has 0 bridgehead atoms. The van der Waals surface area contributed by atoms with Crippen molar-refractivity contribution in [3.63, 3.8) is 0 Å². The summed E-state index contributed by atoms with van der Waals surface area (Å²) in [6.07, 6.45) is 2.94. The fourth-order valence-corrected chi connectivity index (χ4v) is 2.30. The maximum atomic E-state index is 12.1. The van der Waals surface area contributed by atoms with Crippen molar-refractivity contribution in [2.45, 2.75) is 26.7 Å². The first-order valence-electron chi connectivity index (χ1n) is 8.01. The second-order valence-electron chi connectivity index (χ2n) is 5.67. The number of hydrazone groups is 1. The molecule has 0 aliphatic rings. The van der Waals surface area contributed by atoms with Crippen LogP contribution in [-0.2, 0) is 11.8 Å². The van der Waals surface area contributed by atoms with Crippen molar-refractivity contribution in [1.29, 1.82) is 0 Å². The van der Waals surface area contributed by atoms with E-state index in [-0.39, 0.29) is 17.6 Å². The van der Waals surface area contributed by atoms with Crippen LogP contribution in [0, 0.1) is 0 Å². The maximum Gasteiger partial charge on any atom is 0.287 e. The van der Waals surface area contributed by atoms with Gasteiger partial charge in [-0.15, -0.1) is 0 Å². The molecule has 25 heavy (non-hydrogen) atoms. The Morgan fingerprint density at radius 2 is 2.04 bits per heavy atom. The standard InChI is InChI=1S/C18H22N4O3/c1-4-6-17(24)19-13-8-9-16(23)14(11-13)12(2)20-21-18(25)15-7-5-10-22(15)3/h5,7-11,23H,4,6H2,1-3H3,(H,19,24)(H,21,25)/b20-12+. The summed E-state index contributed by atoms with van der Waals surface area (Å²) in [5.74, 6) is -0.424. The van der Waals surface area contributed by atoms with E-state index in [2.05, 4.69) is 15.8 Å². The lowest BCUT2D eigenvalue weighted by molar-refractivity contribution is -0.116. The molecule has 0 aliphatic carbocycles. The van der Waals surface area contributed by atoms with Gasteiger partial charge < -0.3 is 15.0 Å². The Labute approximate surface area is 146 Å². The molecular weight excluding hydrogens is 320 g/mol. The fourth-order valence-electron chi connectivity index (χ4n) is 2.30. The molecule has 0 radical (unpaired) electrons. The summed E-state index contributed by atoms with van der Waals surface area (Å²) in [7, 11) is 1.76. The van der Waals surface area contributed by atoms with E-state index in [1.54, 1.807) is 49.0 Å². The minimum atomic E-state index is -0.348. The topological polar surface area (TPSA) is 95.7 Å². The van der Waals surface area contributed by atoms with Gasteiger partial charge in [0.15, 0.2) is 0 Å². The number of benzene rings is 1. The van der Waals surface area contributed by atoms with Crippen molar-refractivity contribution < 1.29 is 14.7 Å². The van der Waals surface area contributed by atoms with Crippen molar-refractivity contribution in [2.24, 2.45) is 12.1 Å². The number of carbonyl (C=O) groups is 2. The van der Waals surface area contributed by atoms with Gasteiger partial charge in [-0.1, -0.05) is 6.92 Å². The minimum Gasteiger partial charge on any atom is -0.507 e. The first-order valence-corrected chi connectivity index (χ1v) is 8.01. The third kappa shape index (κ3) is 4.69. The molecule has 0 atom stereocenters. The second-order valence-corrected chi connectivity index (χ2v) is 5.67. The van der Waals surface area contributed by atoms with Crippen LogP contribution >= 0.6 is 0 Å². The number of phenolic OH excluding ortho intramolecular Hbond substituents is 1. The predicted molar refractivity (Wildman–Crippen MR) is 96.7 cm³/mol. The Morgan fingerprint density at radius 1 is 1.28 bits per heavy atom. The summed E-state index contributed by atoms with van der Waals surface area (Å²) in [6.45, 7) is 3.59. The average molecular weight is 342 g/mol. The van der Waals surface area contributed by atoms with Gasteiger partial charge in [0.25, 0.3) is 5.91 Å². The number of aromatic hydroxyl groups is 1. The number of carbonyl (C=O) groups excluding carboxylic acids is 2. The third-order valence-electron chi connectivity index (χ3n) is 3.65. The van der Waals surface area contributed by atoms with Gasteiger partial charge in [-0.2, -0.15) is 5.10 Å². The van der Waals surface area contributed by atoms with Crippen LogP contribution in [0.15, 0.2) is 41.6 Å². The number of aromatic nitrogens is 1. The van der Waals surface area contributed by atoms with E-state index in [9.17, 15) is 14.7 Å². The zero-order chi connectivity index (χ0) is 18.4. The van der Waals surface area contributed by atoms with Gasteiger partial charge in [-0.05, 0) is 43.7 Å². The van der Waals surface area contributed by atoms with Crippen LogP contribution in [0.25, 0.3) is 0 Å². The summed E-state index contributed by atoms with van der Waals surface area (Å²) in [6, 6.07) is 8.16. The molecule has 3 N–H and O–H groups in total. The van der Waals surface area contributed by atoms with Crippen LogP contribution in [0.1, 0.15) is 42.7 Å². The molecule has 7 heteroatoms. The van der Waals surface area contributed by atoms with E-state index in [4.69, 9.17) is 0 Å². The SMILES string of the molecule is CCCC(=O)Nc1ccc(O)c(/C(C)=N/NC(=O)c2cccn2C)c1. The van der Waals surface area contributed by atoms with Crippen LogP contribution in [0.3, 0.4) is 0 Å². The molecule has 7 nitrogen and oxygen atoms in total. The highest BCUT2D eigenvalue weighted by Crippen LogP contribution is 2.22. The molecule has 1 aromatic carbocycles. The van der Waals surface area contributed by atoms with Gasteiger partial charge in [0.2, 0.25) is 5.91 Å². The molecule has 2 rings (SSSR count). The summed E-state index contributed by atoms with van der Waals surface area (Å²) < 4.78 is 1.68. The summed E-state index contributed by atoms with van der Waals surface area (Å²) in [5, 5.41) is 16.8. The van der Waals surface area contributed by atoms with E-state index >= 15 is 0 Å². The van der Waals surface area contributed by atoms with Gasteiger partial charge in [-0.25, -0.2) is 5.43 Å². The average Bonchev–Trinajstić information content (AvgIpc) is 3.00. The number of nitrogens with zero attached hydrogens (tertiary/aromatic N) is 2. The Kier molecular flexibility index (Phi) is 5.94. The summed E-state index contributed by atoms with van der Waals surface area (Å²) in [4.78, 5) is 23.8. The van der Waals surface area contributed by atoms with Crippen LogP contribution < -0.4 is 10.7 Å². The van der Waals surface area contributed by atoms with Crippen molar-refractivity contribution in [3.05, 3.63) is 47.8 Å². The monoisotopic (exact) mass is 342 g/mol. The van der Waals surface area contributed by atoms with E-state index in [0.29, 0.717) is 29.1 Å². The van der Waals surface area contributed by atoms with Crippen LogP contribution in [0.4, 0.5) is 5.69 Å². The Bertz CT molecular complexity index is 808. The number of hydrogen-bond donors (Lipinski definition) is 3. The zero-order valence-corrected chi connectivity index (χ0v) is 14.5. The zero-order valence-electron chi connectivity index (χ0n) is 14.5. The molecule has 0 unspecified atom stereocenters. The number of hydrogen-bond acceptors (Lipinski definition) is 4. The smallest absolute Gasteiger partial charge is 0.287 e. The minimum absolute atomic E-state index is 0.0165. The number of phenols is 1. The molecule has 2 amide bonds. The van der Waals surface area contributed by atoms with Crippen LogP contribution in [0.5, 0.6) is 5.75 Å². The van der Waals surface area contributed by atoms with Gasteiger partial charge in [0, 0.05) is 30.9 Å². The van der Waals surface area contributed by atoms with Gasteiger partial charge in [0.1, 0.15) is 11.4 Å². The largest absolute Gasteiger partial charge is 0.507 e. The first-order chi connectivity index (χ1) is 11.9. The van der Waals surface area contributed by atoms with Crippen molar-refractivity contribution in [3.8, 4) is 5.75 Å². The van der Waals surface area contributed by atoms with Gasteiger partial charge in [0.05, 0.1) is 5.71 Å². The van der Waals surface area contributed by atoms with Crippen molar-refractivity contribution in [2.75, 3.05) is 5.32 Å². The van der Waals surface area contributed by atoms with E-state index in [1.165, 1.54) is 6.07 Å². The van der Waals surface area contributed by atoms with E-state index in [1.807, 2.05) is 6.92 Å². The lowest BCUT2D eigenvalue weighted by Gasteiger charge is -2.09. The lowest BCUT2D eigenvalue weighted by atomic mass is 10.1. The molecule has 0 aliphatic heterocycles. The number of nitrogens with one attached hydrogen (secondary N) is 2. The van der Waals surface area contributed by atoms with Crippen molar-refractivity contribution >= 4 is 23.2 Å². The second kappa shape index (κ2) is 8.14.